The zero-order valence-corrected chi connectivity index (χ0v) is 17.1. The molecule has 0 unspecified atom stereocenters. The van der Waals surface area contributed by atoms with E-state index in [-0.39, 0.29) is 12.2 Å². The van der Waals surface area contributed by atoms with Crippen molar-refractivity contribution in [1.29, 1.82) is 5.26 Å². The Kier molecular flexibility index (Phi) is 6.58. The first kappa shape index (κ1) is 20.5. The van der Waals surface area contributed by atoms with Crippen molar-refractivity contribution in [2.45, 2.75) is 20.4 Å². The molecule has 3 rings (SSSR count). The molecule has 6 heteroatoms. The minimum absolute atomic E-state index is 0.0183. The maximum absolute atomic E-state index is 12.0. The smallest absolute Gasteiger partial charge is 0.348 e. The van der Waals surface area contributed by atoms with Gasteiger partial charge in [0.1, 0.15) is 24.0 Å². The van der Waals surface area contributed by atoms with Crippen LogP contribution in [-0.4, -0.2) is 23.8 Å². The van der Waals surface area contributed by atoms with Crippen LogP contribution in [0.3, 0.4) is 0 Å². The number of nitrogens with zero attached hydrogens (tertiary/aromatic N) is 2. The number of hydrogen-bond acceptors (Lipinski definition) is 4. The number of esters is 1. The highest BCUT2D eigenvalue weighted by molar-refractivity contribution is 6.30. The number of carbonyl (C=O) groups is 1. The molecule has 1 heterocycles. The van der Waals surface area contributed by atoms with Gasteiger partial charge in [-0.1, -0.05) is 29.8 Å². The standard InChI is InChI=1S/C23H21ClN2O3/c1-3-28-23(27)17(15-25)14-21-16(2)26(22-7-5-4-6-20(21)22)12-13-29-19-10-8-18(24)9-11-19/h4-11,14H,3,12-13H2,1-2H3/b17-14+. The van der Waals surface area contributed by atoms with Crippen LogP contribution in [-0.2, 0) is 16.1 Å². The lowest BCUT2D eigenvalue weighted by molar-refractivity contribution is -0.137. The first-order valence-corrected chi connectivity index (χ1v) is 9.68. The highest BCUT2D eigenvalue weighted by Crippen LogP contribution is 2.28. The van der Waals surface area contributed by atoms with Crippen molar-refractivity contribution in [3.05, 3.63) is 70.4 Å². The van der Waals surface area contributed by atoms with Crippen LogP contribution in [0.5, 0.6) is 5.75 Å². The SMILES string of the molecule is CCOC(=O)/C(C#N)=C/c1c(C)n(CCOc2ccc(Cl)cc2)c2ccccc12. The minimum Gasteiger partial charge on any atom is -0.492 e. The fourth-order valence-electron chi connectivity index (χ4n) is 3.20. The molecule has 1 aromatic heterocycles. The maximum Gasteiger partial charge on any atom is 0.348 e. The first-order valence-electron chi connectivity index (χ1n) is 9.30. The first-order chi connectivity index (χ1) is 14.0. The highest BCUT2D eigenvalue weighted by atomic mass is 35.5. The third-order valence-corrected chi connectivity index (χ3v) is 4.83. The second kappa shape index (κ2) is 9.31. The second-order valence-corrected chi connectivity index (χ2v) is 6.80. The fraction of sp³-hybridized carbons (Fsp3) is 0.217. The van der Waals surface area contributed by atoms with Gasteiger partial charge in [-0.05, 0) is 50.3 Å². The third-order valence-electron chi connectivity index (χ3n) is 4.58. The lowest BCUT2D eigenvalue weighted by Crippen LogP contribution is -2.09. The highest BCUT2D eigenvalue weighted by Gasteiger charge is 2.16. The Morgan fingerprint density at radius 2 is 1.93 bits per heavy atom. The Morgan fingerprint density at radius 1 is 1.21 bits per heavy atom. The number of para-hydroxylation sites is 1. The quantitative estimate of drug-likeness (QED) is 0.308. The van der Waals surface area contributed by atoms with E-state index < -0.39 is 5.97 Å². The van der Waals surface area contributed by atoms with Crippen molar-refractivity contribution in [1.82, 2.24) is 4.57 Å². The molecule has 0 saturated carbocycles. The van der Waals surface area contributed by atoms with E-state index in [0.29, 0.717) is 18.2 Å². The average Bonchev–Trinajstić information content (AvgIpc) is 2.99. The van der Waals surface area contributed by atoms with E-state index in [1.807, 2.05) is 49.4 Å². The number of aromatic nitrogens is 1. The van der Waals surface area contributed by atoms with E-state index in [1.165, 1.54) is 0 Å². The van der Waals surface area contributed by atoms with Crippen molar-refractivity contribution < 1.29 is 14.3 Å². The molecule has 0 amide bonds. The Morgan fingerprint density at radius 3 is 2.62 bits per heavy atom. The van der Waals surface area contributed by atoms with E-state index in [0.717, 1.165) is 27.9 Å². The number of carbonyl (C=O) groups excluding carboxylic acids is 1. The number of rotatable bonds is 7. The normalized spacial score (nSPS) is 11.3. The molecule has 0 aliphatic rings. The van der Waals surface area contributed by atoms with Crippen LogP contribution in [0.25, 0.3) is 17.0 Å². The molecule has 0 spiro atoms. The van der Waals surface area contributed by atoms with E-state index >= 15 is 0 Å². The van der Waals surface area contributed by atoms with E-state index in [1.54, 1.807) is 25.1 Å². The molecular weight excluding hydrogens is 388 g/mol. The van der Waals surface area contributed by atoms with Crippen LogP contribution in [0.4, 0.5) is 0 Å². The number of halogens is 1. The topological polar surface area (TPSA) is 64.2 Å². The Bertz CT molecular complexity index is 1090. The largest absolute Gasteiger partial charge is 0.492 e. The van der Waals surface area contributed by atoms with Crippen LogP contribution < -0.4 is 4.74 Å². The number of benzene rings is 2. The van der Waals surface area contributed by atoms with Crippen LogP contribution in [0.1, 0.15) is 18.2 Å². The molecule has 148 valence electrons. The molecule has 0 radical (unpaired) electrons. The monoisotopic (exact) mass is 408 g/mol. The summed E-state index contributed by atoms with van der Waals surface area (Å²) in [5, 5.41) is 11.0. The van der Waals surface area contributed by atoms with Gasteiger partial charge in [0.15, 0.2) is 0 Å². The molecule has 0 fully saturated rings. The molecule has 5 nitrogen and oxygen atoms in total. The molecule has 0 N–H and O–H groups in total. The minimum atomic E-state index is -0.614. The summed E-state index contributed by atoms with van der Waals surface area (Å²) in [7, 11) is 0. The molecule has 3 aromatic rings. The van der Waals surface area contributed by atoms with Crippen molar-refractivity contribution >= 4 is 34.5 Å². The van der Waals surface area contributed by atoms with Crippen LogP contribution in [0.15, 0.2) is 54.1 Å². The van der Waals surface area contributed by atoms with Crippen molar-refractivity contribution in [3.8, 4) is 11.8 Å². The molecule has 0 aliphatic heterocycles. The molecule has 0 bridgehead atoms. The number of nitriles is 1. The average molecular weight is 409 g/mol. The number of ether oxygens (including phenoxy) is 2. The van der Waals surface area contributed by atoms with Crippen LogP contribution in [0, 0.1) is 18.3 Å². The second-order valence-electron chi connectivity index (χ2n) is 6.36. The van der Waals surface area contributed by atoms with E-state index in [4.69, 9.17) is 21.1 Å². The lowest BCUT2D eigenvalue weighted by atomic mass is 10.1. The molecule has 0 aliphatic carbocycles. The van der Waals surface area contributed by atoms with Gasteiger partial charge in [0.05, 0.1) is 13.2 Å². The van der Waals surface area contributed by atoms with Crippen molar-refractivity contribution in [2.75, 3.05) is 13.2 Å². The Balaban J connectivity index is 1.91. The van der Waals surface area contributed by atoms with Gasteiger partial charge in [0, 0.05) is 27.2 Å². The predicted molar refractivity (Wildman–Crippen MR) is 114 cm³/mol. The van der Waals surface area contributed by atoms with Gasteiger partial charge in [-0.25, -0.2) is 4.79 Å². The summed E-state index contributed by atoms with van der Waals surface area (Å²) >= 11 is 5.90. The Hall–Kier alpha value is -3.23. The summed E-state index contributed by atoms with van der Waals surface area (Å²) in [6.07, 6.45) is 1.60. The summed E-state index contributed by atoms with van der Waals surface area (Å²) in [6.45, 7) is 4.98. The van der Waals surface area contributed by atoms with Gasteiger partial charge in [-0.15, -0.1) is 0 Å². The van der Waals surface area contributed by atoms with Crippen LogP contribution >= 0.6 is 11.6 Å². The summed E-state index contributed by atoms with van der Waals surface area (Å²) in [4.78, 5) is 12.0. The summed E-state index contributed by atoms with van der Waals surface area (Å²) in [5.74, 6) is 0.134. The predicted octanol–water partition coefficient (Wildman–Crippen LogP) is 5.15. The molecule has 2 aromatic carbocycles. The summed E-state index contributed by atoms with van der Waals surface area (Å²) in [5.41, 5.74) is 2.77. The van der Waals surface area contributed by atoms with Gasteiger partial charge in [-0.2, -0.15) is 5.26 Å². The molecule has 0 atom stereocenters. The third kappa shape index (κ3) is 4.61. The summed E-state index contributed by atoms with van der Waals surface area (Å²) in [6, 6.07) is 17.1. The van der Waals surface area contributed by atoms with Gasteiger partial charge in [0.2, 0.25) is 0 Å². The van der Waals surface area contributed by atoms with Gasteiger partial charge >= 0.3 is 5.97 Å². The van der Waals surface area contributed by atoms with Crippen LogP contribution in [0.2, 0.25) is 5.02 Å². The lowest BCUT2D eigenvalue weighted by Gasteiger charge is -2.10. The van der Waals surface area contributed by atoms with E-state index in [2.05, 4.69) is 4.57 Å². The fourth-order valence-corrected chi connectivity index (χ4v) is 3.33. The van der Waals surface area contributed by atoms with Gasteiger partial charge in [0.25, 0.3) is 0 Å². The molecule has 29 heavy (non-hydrogen) atoms. The number of hydrogen-bond donors (Lipinski definition) is 0. The maximum atomic E-state index is 12.0. The Labute approximate surface area is 174 Å². The molecule has 0 saturated heterocycles. The zero-order chi connectivity index (χ0) is 20.8. The molecular formula is C23H21ClN2O3. The van der Waals surface area contributed by atoms with Crippen molar-refractivity contribution in [2.24, 2.45) is 0 Å². The van der Waals surface area contributed by atoms with E-state index in [9.17, 15) is 10.1 Å². The van der Waals surface area contributed by atoms with Crippen molar-refractivity contribution in [3.63, 3.8) is 0 Å². The zero-order valence-electron chi connectivity index (χ0n) is 16.3. The van der Waals surface area contributed by atoms with Gasteiger partial charge in [-0.3, -0.25) is 0 Å². The number of fused-ring (bicyclic) bond motifs is 1. The van der Waals surface area contributed by atoms with Gasteiger partial charge < -0.3 is 14.0 Å². The summed E-state index contributed by atoms with van der Waals surface area (Å²) < 4.78 is 12.9.